The molecule has 0 spiro atoms. The minimum absolute atomic E-state index is 0.337. The largest absolute Gasteiger partial charge is 0.256 e. The number of benzene rings is 3. The van der Waals surface area contributed by atoms with Crippen LogP contribution in [0.25, 0.3) is 10.8 Å². The SMILES string of the molecule is O=S(=O)(c1ccc(N=Cc2cccc3ccccc23)cc1)N1CCCC1. The van der Waals surface area contributed by atoms with Crippen molar-refractivity contribution in [1.29, 1.82) is 0 Å². The number of sulfonamides is 1. The first-order valence-corrected chi connectivity index (χ1v) is 10.2. The summed E-state index contributed by atoms with van der Waals surface area (Å²) in [4.78, 5) is 4.85. The zero-order valence-electron chi connectivity index (χ0n) is 14.4. The monoisotopic (exact) mass is 364 g/mol. The summed E-state index contributed by atoms with van der Waals surface area (Å²) in [6, 6.07) is 21.1. The minimum Gasteiger partial charge on any atom is -0.256 e. The van der Waals surface area contributed by atoms with Crippen LogP contribution in [0.3, 0.4) is 0 Å². The lowest BCUT2D eigenvalue weighted by Crippen LogP contribution is -2.27. The summed E-state index contributed by atoms with van der Waals surface area (Å²) >= 11 is 0. The molecule has 3 aromatic carbocycles. The van der Waals surface area contributed by atoms with Gasteiger partial charge in [0.1, 0.15) is 0 Å². The molecule has 0 bridgehead atoms. The van der Waals surface area contributed by atoms with E-state index in [0.29, 0.717) is 18.0 Å². The first kappa shape index (κ1) is 16.9. The molecule has 0 amide bonds. The van der Waals surface area contributed by atoms with Crippen molar-refractivity contribution < 1.29 is 8.42 Å². The molecule has 1 fully saturated rings. The van der Waals surface area contributed by atoms with Gasteiger partial charge >= 0.3 is 0 Å². The Labute approximate surface area is 153 Å². The average Bonchev–Trinajstić information content (AvgIpc) is 3.22. The van der Waals surface area contributed by atoms with Gasteiger partial charge in [0.15, 0.2) is 0 Å². The molecule has 1 saturated heterocycles. The van der Waals surface area contributed by atoms with Gasteiger partial charge in [0.2, 0.25) is 10.0 Å². The van der Waals surface area contributed by atoms with Gasteiger partial charge in [0, 0.05) is 24.9 Å². The van der Waals surface area contributed by atoms with Crippen LogP contribution in [0.15, 0.2) is 76.6 Å². The van der Waals surface area contributed by atoms with Crippen LogP contribution in [0, 0.1) is 0 Å². The van der Waals surface area contributed by atoms with Gasteiger partial charge in [0.05, 0.1) is 10.6 Å². The average molecular weight is 364 g/mol. The summed E-state index contributed by atoms with van der Waals surface area (Å²) in [6.45, 7) is 1.23. The number of fused-ring (bicyclic) bond motifs is 1. The summed E-state index contributed by atoms with van der Waals surface area (Å²) < 4.78 is 26.7. The van der Waals surface area contributed by atoms with E-state index in [4.69, 9.17) is 0 Å². The van der Waals surface area contributed by atoms with Crippen molar-refractivity contribution >= 4 is 32.7 Å². The lowest BCUT2D eigenvalue weighted by Gasteiger charge is -2.15. The van der Waals surface area contributed by atoms with E-state index >= 15 is 0 Å². The lowest BCUT2D eigenvalue weighted by atomic mass is 10.1. The number of nitrogens with zero attached hydrogens (tertiary/aromatic N) is 2. The van der Waals surface area contributed by atoms with Crippen molar-refractivity contribution in [3.8, 4) is 0 Å². The maximum Gasteiger partial charge on any atom is 0.243 e. The molecule has 4 rings (SSSR count). The highest BCUT2D eigenvalue weighted by atomic mass is 32.2. The molecular weight excluding hydrogens is 344 g/mol. The van der Waals surface area contributed by atoms with Crippen LogP contribution < -0.4 is 0 Å². The number of rotatable bonds is 4. The molecule has 0 radical (unpaired) electrons. The summed E-state index contributed by atoms with van der Waals surface area (Å²) in [5, 5.41) is 2.32. The summed E-state index contributed by atoms with van der Waals surface area (Å²) in [7, 11) is -3.37. The minimum atomic E-state index is -3.37. The highest BCUT2D eigenvalue weighted by Gasteiger charge is 2.26. The number of hydrogen-bond donors (Lipinski definition) is 0. The van der Waals surface area contributed by atoms with Crippen molar-refractivity contribution in [3.05, 3.63) is 72.3 Å². The Bertz CT molecular complexity index is 1050. The van der Waals surface area contributed by atoms with E-state index in [1.54, 1.807) is 28.6 Å². The maximum absolute atomic E-state index is 12.6. The van der Waals surface area contributed by atoms with E-state index in [1.165, 1.54) is 5.39 Å². The van der Waals surface area contributed by atoms with Crippen molar-refractivity contribution in [2.45, 2.75) is 17.7 Å². The maximum atomic E-state index is 12.6. The van der Waals surface area contributed by atoms with E-state index < -0.39 is 10.0 Å². The predicted octanol–water partition coefficient (Wildman–Crippen LogP) is 4.37. The van der Waals surface area contributed by atoms with Gasteiger partial charge in [-0.05, 0) is 47.9 Å². The number of aliphatic imine (C=N–C) groups is 1. The second-order valence-corrected chi connectivity index (χ2v) is 8.37. The molecule has 3 aromatic rings. The van der Waals surface area contributed by atoms with Crippen LogP contribution in [0.5, 0.6) is 0 Å². The van der Waals surface area contributed by atoms with E-state index in [9.17, 15) is 8.42 Å². The Hall–Kier alpha value is -2.50. The third-order valence-electron chi connectivity index (χ3n) is 4.72. The third kappa shape index (κ3) is 3.28. The molecule has 4 nitrogen and oxygen atoms in total. The highest BCUT2D eigenvalue weighted by Crippen LogP contribution is 2.23. The Balaban J connectivity index is 1.58. The fourth-order valence-corrected chi connectivity index (χ4v) is 4.81. The molecule has 1 heterocycles. The summed E-state index contributed by atoms with van der Waals surface area (Å²) in [6.07, 6.45) is 3.70. The summed E-state index contributed by atoms with van der Waals surface area (Å²) in [5.74, 6) is 0. The van der Waals surface area contributed by atoms with Gasteiger partial charge in [-0.15, -0.1) is 0 Å². The third-order valence-corrected chi connectivity index (χ3v) is 6.63. The Kier molecular flexibility index (Phi) is 4.57. The van der Waals surface area contributed by atoms with Crippen LogP contribution in [0.4, 0.5) is 5.69 Å². The van der Waals surface area contributed by atoms with Crippen LogP contribution in [-0.2, 0) is 10.0 Å². The molecule has 1 aliphatic heterocycles. The van der Waals surface area contributed by atoms with Gasteiger partial charge in [-0.2, -0.15) is 4.31 Å². The van der Waals surface area contributed by atoms with Crippen LogP contribution in [0.1, 0.15) is 18.4 Å². The Morgan fingerprint density at radius 3 is 2.31 bits per heavy atom. The first-order valence-electron chi connectivity index (χ1n) is 8.77. The molecule has 26 heavy (non-hydrogen) atoms. The van der Waals surface area contributed by atoms with Crippen molar-refractivity contribution in [3.63, 3.8) is 0 Å². The standard InChI is InChI=1S/C21H20N2O2S/c24-26(25,23-14-3-4-15-23)20-12-10-19(11-13-20)22-16-18-8-5-7-17-6-1-2-9-21(17)18/h1-2,5-13,16H,3-4,14-15H2. The molecule has 0 aromatic heterocycles. The topological polar surface area (TPSA) is 49.7 Å². The molecule has 0 saturated carbocycles. The Morgan fingerprint density at radius 1 is 0.846 bits per heavy atom. The highest BCUT2D eigenvalue weighted by molar-refractivity contribution is 7.89. The lowest BCUT2D eigenvalue weighted by molar-refractivity contribution is 0.477. The molecule has 0 atom stereocenters. The van der Waals surface area contributed by atoms with Crippen molar-refractivity contribution in [2.24, 2.45) is 4.99 Å². The zero-order valence-corrected chi connectivity index (χ0v) is 15.2. The second-order valence-electron chi connectivity index (χ2n) is 6.43. The van der Waals surface area contributed by atoms with Crippen LogP contribution in [0.2, 0.25) is 0 Å². The first-order chi connectivity index (χ1) is 12.6. The van der Waals surface area contributed by atoms with Gasteiger partial charge in [-0.25, -0.2) is 8.42 Å². The van der Waals surface area contributed by atoms with E-state index in [-0.39, 0.29) is 0 Å². The smallest absolute Gasteiger partial charge is 0.243 e. The molecule has 0 N–H and O–H groups in total. The van der Waals surface area contributed by atoms with E-state index in [2.05, 4.69) is 23.2 Å². The molecule has 0 unspecified atom stereocenters. The Morgan fingerprint density at radius 2 is 1.54 bits per heavy atom. The fraction of sp³-hybridized carbons (Fsp3) is 0.190. The second kappa shape index (κ2) is 7.02. The summed E-state index contributed by atoms with van der Waals surface area (Å²) in [5.41, 5.74) is 1.77. The molecule has 5 heteroatoms. The van der Waals surface area contributed by atoms with E-state index in [0.717, 1.165) is 29.5 Å². The molecule has 132 valence electrons. The zero-order chi connectivity index (χ0) is 18.0. The van der Waals surface area contributed by atoms with Gasteiger partial charge in [-0.1, -0.05) is 42.5 Å². The molecular formula is C21H20N2O2S. The van der Waals surface area contributed by atoms with E-state index in [1.807, 2.05) is 30.5 Å². The predicted molar refractivity (Wildman–Crippen MR) is 106 cm³/mol. The quantitative estimate of drug-likeness (QED) is 0.645. The van der Waals surface area contributed by atoms with Gasteiger partial charge in [0.25, 0.3) is 0 Å². The molecule has 0 aliphatic carbocycles. The molecule has 1 aliphatic rings. The normalized spacial score (nSPS) is 15.8. The van der Waals surface area contributed by atoms with Crippen LogP contribution >= 0.6 is 0 Å². The van der Waals surface area contributed by atoms with Crippen molar-refractivity contribution in [2.75, 3.05) is 13.1 Å². The van der Waals surface area contributed by atoms with Gasteiger partial charge < -0.3 is 0 Å². The fourth-order valence-electron chi connectivity index (χ4n) is 3.29. The van der Waals surface area contributed by atoms with Crippen LogP contribution in [-0.4, -0.2) is 32.0 Å². The van der Waals surface area contributed by atoms with Crippen molar-refractivity contribution in [1.82, 2.24) is 4.31 Å². The van der Waals surface area contributed by atoms with Gasteiger partial charge in [-0.3, -0.25) is 4.99 Å². The number of hydrogen-bond acceptors (Lipinski definition) is 3.